The summed E-state index contributed by atoms with van der Waals surface area (Å²) in [5.41, 5.74) is 6.29. The van der Waals surface area contributed by atoms with E-state index in [0.29, 0.717) is 5.82 Å². The average Bonchev–Trinajstić information content (AvgIpc) is 3.64. The highest BCUT2D eigenvalue weighted by atomic mass is 16.5. The van der Waals surface area contributed by atoms with Crippen molar-refractivity contribution in [2.24, 2.45) is 0 Å². The Hall–Kier alpha value is -4.97. The quantitative estimate of drug-likeness (QED) is 0.271. The maximum atomic E-state index is 6.57. The molecule has 0 saturated heterocycles. The van der Waals surface area contributed by atoms with Gasteiger partial charge in [0, 0.05) is 16.7 Å². The van der Waals surface area contributed by atoms with Gasteiger partial charge < -0.3 is 9.15 Å². The number of ether oxygens (including phenoxy) is 1. The number of hydrogen-bond acceptors (Lipinski definition) is 5. The molecule has 6 rings (SSSR count). The van der Waals surface area contributed by atoms with Gasteiger partial charge in [-0.15, -0.1) is 10.2 Å². The van der Waals surface area contributed by atoms with Crippen LogP contribution < -0.4 is 4.74 Å². The van der Waals surface area contributed by atoms with E-state index in [1.165, 1.54) is 0 Å². The van der Waals surface area contributed by atoms with Crippen molar-refractivity contribution in [2.75, 3.05) is 0 Å². The third-order valence-corrected chi connectivity index (χ3v) is 5.95. The van der Waals surface area contributed by atoms with Crippen molar-refractivity contribution in [3.8, 4) is 50.7 Å². The second-order valence-electron chi connectivity index (χ2n) is 8.28. The molecule has 0 aliphatic heterocycles. The zero-order chi connectivity index (χ0) is 24.2. The fraction of sp³-hybridized carbons (Fsp3) is 0.0333. The van der Waals surface area contributed by atoms with Gasteiger partial charge in [-0.05, 0) is 34.9 Å². The van der Waals surface area contributed by atoms with Gasteiger partial charge in [0.15, 0.2) is 6.61 Å². The van der Waals surface area contributed by atoms with Gasteiger partial charge in [-0.1, -0.05) is 102 Å². The van der Waals surface area contributed by atoms with E-state index in [1.54, 1.807) is 0 Å². The lowest BCUT2D eigenvalue weighted by Gasteiger charge is -2.10. The first-order chi connectivity index (χ1) is 17.8. The molecule has 0 fully saturated rings. The molecule has 0 bridgehead atoms. The fourth-order valence-corrected chi connectivity index (χ4v) is 4.25. The molecular weight excluding hydrogens is 448 g/mol. The number of aromatic amines is 1. The van der Waals surface area contributed by atoms with Crippen molar-refractivity contribution in [1.29, 1.82) is 0 Å². The molecule has 6 aromatic rings. The van der Waals surface area contributed by atoms with Crippen LogP contribution in [0, 0.1) is 0 Å². The summed E-state index contributed by atoms with van der Waals surface area (Å²) in [6.45, 7) is 0.237. The largest absolute Gasteiger partial charge is 0.485 e. The number of H-pyrrole nitrogens is 1. The average molecular weight is 471 g/mol. The van der Waals surface area contributed by atoms with Crippen molar-refractivity contribution >= 4 is 0 Å². The van der Waals surface area contributed by atoms with Crippen molar-refractivity contribution in [3.05, 3.63) is 121 Å². The van der Waals surface area contributed by atoms with Gasteiger partial charge >= 0.3 is 0 Å². The molecule has 1 N–H and O–H groups in total. The van der Waals surface area contributed by atoms with Gasteiger partial charge in [-0.2, -0.15) is 5.21 Å². The second-order valence-corrected chi connectivity index (χ2v) is 8.28. The van der Waals surface area contributed by atoms with Crippen molar-refractivity contribution in [2.45, 2.75) is 6.61 Å². The van der Waals surface area contributed by atoms with Crippen LogP contribution in [-0.2, 0) is 6.61 Å². The first kappa shape index (κ1) is 21.6. The molecular formula is C30H22N4O2. The van der Waals surface area contributed by atoms with Crippen molar-refractivity contribution < 1.29 is 9.15 Å². The van der Waals surface area contributed by atoms with E-state index in [4.69, 9.17) is 9.15 Å². The molecule has 0 aliphatic carbocycles. The SMILES string of the molecule is c1ccc(-c2cc(-c3ccccc3-c3cccc(OCc4nn[nH]n4)c3)oc2-c2ccccc2)cc1. The summed E-state index contributed by atoms with van der Waals surface area (Å²) < 4.78 is 12.5. The molecule has 0 radical (unpaired) electrons. The summed E-state index contributed by atoms with van der Waals surface area (Å²) in [5.74, 6) is 2.88. The van der Waals surface area contributed by atoms with E-state index in [2.05, 4.69) is 69.2 Å². The Morgan fingerprint density at radius 1 is 0.639 bits per heavy atom. The van der Waals surface area contributed by atoms with E-state index >= 15 is 0 Å². The van der Waals surface area contributed by atoms with E-state index in [1.807, 2.05) is 66.7 Å². The molecule has 6 nitrogen and oxygen atoms in total. The third-order valence-electron chi connectivity index (χ3n) is 5.95. The molecule has 0 amide bonds. The number of nitrogens with one attached hydrogen (secondary N) is 1. The Bertz CT molecular complexity index is 1520. The minimum atomic E-state index is 0.237. The Kier molecular flexibility index (Phi) is 5.82. The van der Waals surface area contributed by atoms with Crippen LogP contribution in [0.1, 0.15) is 5.82 Å². The summed E-state index contributed by atoms with van der Waals surface area (Å²) in [4.78, 5) is 0. The van der Waals surface area contributed by atoms with Gasteiger partial charge in [0.25, 0.3) is 0 Å². The van der Waals surface area contributed by atoms with Crippen LogP contribution in [0.4, 0.5) is 0 Å². The van der Waals surface area contributed by atoms with Gasteiger partial charge in [-0.25, -0.2) is 0 Å². The molecule has 0 unspecified atom stereocenters. The molecule has 36 heavy (non-hydrogen) atoms. The number of tetrazole rings is 1. The molecule has 6 heteroatoms. The highest BCUT2D eigenvalue weighted by Crippen LogP contribution is 2.41. The first-order valence-electron chi connectivity index (χ1n) is 11.6. The maximum Gasteiger partial charge on any atom is 0.211 e. The van der Waals surface area contributed by atoms with Gasteiger partial charge in [0.2, 0.25) is 5.82 Å². The fourth-order valence-electron chi connectivity index (χ4n) is 4.25. The van der Waals surface area contributed by atoms with Crippen molar-refractivity contribution in [3.63, 3.8) is 0 Å². The lowest BCUT2D eigenvalue weighted by Crippen LogP contribution is -1.98. The Balaban J connectivity index is 1.41. The number of furan rings is 1. The number of aromatic nitrogens is 4. The van der Waals surface area contributed by atoms with Crippen LogP contribution in [0.3, 0.4) is 0 Å². The normalized spacial score (nSPS) is 10.9. The molecule has 2 heterocycles. The van der Waals surface area contributed by atoms with Crippen LogP contribution in [0.5, 0.6) is 5.75 Å². The maximum absolute atomic E-state index is 6.57. The first-order valence-corrected chi connectivity index (χ1v) is 11.6. The zero-order valence-electron chi connectivity index (χ0n) is 19.3. The van der Waals surface area contributed by atoms with Crippen LogP contribution in [-0.4, -0.2) is 20.6 Å². The number of benzene rings is 4. The molecule has 0 atom stereocenters. The smallest absolute Gasteiger partial charge is 0.211 e. The third kappa shape index (κ3) is 4.40. The van der Waals surface area contributed by atoms with E-state index in [-0.39, 0.29) is 6.61 Å². The summed E-state index contributed by atoms with van der Waals surface area (Å²) in [5, 5.41) is 13.9. The highest BCUT2D eigenvalue weighted by molar-refractivity contribution is 5.88. The number of nitrogens with zero attached hydrogens (tertiary/aromatic N) is 3. The standard InChI is InChI=1S/C30H22N4O2/c1-3-10-21(11-4-1)27-19-28(36-30(27)22-12-5-2-6-13-22)26-17-8-7-16-25(26)23-14-9-15-24(18-23)35-20-29-31-33-34-32-29/h1-19H,20H2,(H,31,32,33,34). The van der Waals surface area contributed by atoms with E-state index in [9.17, 15) is 0 Å². The minimum absolute atomic E-state index is 0.237. The number of rotatable bonds is 7. The molecule has 0 saturated carbocycles. The minimum Gasteiger partial charge on any atom is -0.485 e. The summed E-state index contributed by atoms with van der Waals surface area (Å²) in [7, 11) is 0. The summed E-state index contributed by atoms with van der Waals surface area (Å²) >= 11 is 0. The molecule has 0 aliphatic rings. The molecule has 2 aromatic heterocycles. The topological polar surface area (TPSA) is 76.8 Å². The second kappa shape index (κ2) is 9.72. The number of hydrogen-bond donors (Lipinski definition) is 1. The Labute approximate surface area is 208 Å². The molecule has 174 valence electrons. The van der Waals surface area contributed by atoms with Gasteiger partial charge in [0.1, 0.15) is 17.3 Å². The van der Waals surface area contributed by atoms with Gasteiger partial charge in [-0.3, -0.25) is 0 Å². The van der Waals surface area contributed by atoms with E-state index in [0.717, 1.165) is 50.7 Å². The Morgan fingerprint density at radius 3 is 2.08 bits per heavy atom. The lowest BCUT2D eigenvalue weighted by molar-refractivity contribution is 0.296. The lowest BCUT2D eigenvalue weighted by atomic mass is 9.97. The molecule has 4 aromatic carbocycles. The monoisotopic (exact) mass is 470 g/mol. The summed E-state index contributed by atoms with van der Waals surface area (Å²) in [6, 6.07) is 38.9. The van der Waals surface area contributed by atoms with Crippen molar-refractivity contribution in [1.82, 2.24) is 20.6 Å². The predicted octanol–water partition coefficient (Wildman–Crippen LogP) is 7.04. The predicted molar refractivity (Wildman–Crippen MR) is 139 cm³/mol. The van der Waals surface area contributed by atoms with Crippen LogP contribution in [0.2, 0.25) is 0 Å². The van der Waals surface area contributed by atoms with Crippen LogP contribution in [0.15, 0.2) is 120 Å². The van der Waals surface area contributed by atoms with Gasteiger partial charge in [0.05, 0.1) is 0 Å². The molecule has 0 spiro atoms. The summed E-state index contributed by atoms with van der Waals surface area (Å²) in [6.07, 6.45) is 0. The van der Waals surface area contributed by atoms with E-state index < -0.39 is 0 Å². The van der Waals surface area contributed by atoms with Crippen LogP contribution >= 0.6 is 0 Å². The Morgan fingerprint density at radius 2 is 1.33 bits per heavy atom. The zero-order valence-corrected chi connectivity index (χ0v) is 19.3. The highest BCUT2D eigenvalue weighted by Gasteiger charge is 2.18. The van der Waals surface area contributed by atoms with Crippen LogP contribution in [0.25, 0.3) is 44.9 Å².